The highest BCUT2D eigenvalue weighted by Crippen LogP contribution is 2.45. The molecule has 0 spiro atoms. The van der Waals surface area contributed by atoms with Crippen LogP contribution < -0.4 is 5.32 Å². The molecule has 1 fully saturated rings. The van der Waals surface area contributed by atoms with Crippen LogP contribution in [0.25, 0.3) is 20.8 Å². The summed E-state index contributed by atoms with van der Waals surface area (Å²) in [6.07, 6.45) is 2.02. The fraction of sp³-hybridized carbons (Fsp3) is 0.357. The lowest BCUT2D eigenvalue weighted by Crippen LogP contribution is -2.40. The second-order valence-corrected chi connectivity index (χ2v) is 13.8. The van der Waals surface area contributed by atoms with E-state index in [9.17, 15) is 13.2 Å². The van der Waals surface area contributed by atoms with Crippen LogP contribution in [0.1, 0.15) is 34.1 Å². The van der Waals surface area contributed by atoms with Gasteiger partial charge in [0.15, 0.2) is 0 Å². The minimum atomic E-state index is -3.62. The van der Waals surface area contributed by atoms with Crippen molar-refractivity contribution in [3.05, 3.63) is 64.5 Å². The molecule has 2 aromatic heterocycles. The summed E-state index contributed by atoms with van der Waals surface area (Å²) in [5, 5.41) is 4.86. The fourth-order valence-corrected chi connectivity index (χ4v) is 8.95. The van der Waals surface area contributed by atoms with E-state index in [0.717, 1.165) is 58.3 Å². The van der Waals surface area contributed by atoms with Crippen LogP contribution in [-0.4, -0.2) is 67.9 Å². The Kier molecular flexibility index (Phi) is 7.54. The Morgan fingerprint density at radius 1 is 1.05 bits per heavy atom. The van der Waals surface area contributed by atoms with E-state index in [1.807, 2.05) is 18.2 Å². The monoisotopic (exact) mass is 582 g/mol. The molecular formula is C28H30N4O4S3. The Morgan fingerprint density at radius 3 is 2.56 bits per heavy atom. The SMILES string of the molecule is CCCN1CCc2c(sc(NC(=O)c3ccc(S(=O)(=O)N4CCOCC4)cc3)c2-c2nc3ccccc3s2)C1. The number of carbonyl (C=O) groups is 1. The molecule has 2 aromatic carbocycles. The summed E-state index contributed by atoms with van der Waals surface area (Å²) >= 11 is 3.27. The lowest BCUT2D eigenvalue weighted by molar-refractivity contribution is 0.0730. The van der Waals surface area contributed by atoms with Gasteiger partial charge in [0.2, 0.25) is 10.0 Å². The molecule has 2 aliphatic rings. The first-order chi connectivity index (χ1) is 18.9. The van der Waals surface area contributed by atoms with Crippen molar-refractivity contribution in [3.8, 4) is 10.6 Å². The zero-order valence-electron chi connectivity index (χ0n) is 21.7. The zero-order valence-corrected chi connectivity index (χ0v) is 24.1. The third-order valence-corrected chi connectivity index (χ3v) is 11.2. The number of nitrogens with zero attached hydrogens (tertiary/aromatic N) is 3. The average molecular weight is 583 g/mol. The first-order valence-corrected chi connectivity index (χ1v) is 16.2. The first-order valence-electron chi connectivity index (χ1n) is 13.2. The van der Waals surface area contributed by atoms with Crippen LogP contribution in [-0.2, 0) is 27.7 Å². The van der Waals surface area contributed by atoms with Crippen molar-refractivity contribution in [1.29, 1.82) is 0 Å². The Hall–Kier alpha value is -2.67. The highest BCUT2D eigenvalue weighted by Gasteiger charge is 2.29. The van der Waals surface area contributed by atoms with Gasteiger partial charge in [-0.3, -0.25) is 9.69 Å². The van der Waals surface area contributed by atoms with Crippen LogP contribution >= 0.6 is 22.7 Å². The molecule has 11 heteroatoms. The molecule has 6 rings (SSSR count). The van der Waals surface area contributed by atoms with Crippen molar-refractivity contribution in [2.45, 2.75) is 31.2 Å². The molecule has 0 radical (unpaired) electrons. The molecule has 0 bridgehead atoms. The van der Waals surface area contributed by atoms with Crippen LogP contribution in [0.5, 0.6) is 0 Å². The third kappa shape index (κ3) is 5.27. The number of morpholine rings is 1. The highest BCUT2D eigenvalue weighted by molar-refractivity contribution is 7.89. The van der Waals surface area contributed by atoms with E-state index in [0.29, 0.717) is 31.9 Å². The van der Waals surface area contributed by atoms with Gasteiger partial charge in [-0.1, -0.05) is 19.1 Å². The normalized spacial score (nSPS) is 16.8. The van der Waals surface area contributed by atoms with Gasteiger partial charge in [-0.2, -0.15) is 4.31 Å². The minimum Gasteiger partial charge on any atom is -0.379 e. The summed E-state index contributed by atoms with van der Waals surface area (Å²) in [6.45, 7) is 6.54. The van der Waals surface area contributed by atoms with Crippen LogP contribution in [0.15, 0.2) is 53.4 Å². The predicted octanol–water partition coefficient (Wildman–Crippen LogP) is 5.07. The average Bonchev–Trinajstić information content (AvgIpc) is 3.54. The Labute approximate surface area is 236 Å². The van der Waals surface area contributed by atoms with E-state index in [1.54, 1.807) is 34.8 Å². The number of carbonyl (C=O) groups excluding carboxylic acids is 1. The van der Waals surface area contributed by atoms with Crippen molar-refractivity contribution in [2.24, 2.45) is 0 Å². The number of aromatic nitrogens is 1. The van der Waals surface area contributed by atoms with Gasteiger partial charge in [-0.25, -0.2) is 13.4 Å². The molecule has 0 unspecified atom stereocenters. The van der Waals surface area contributed by atoms with Crippen molar-refractivity contribution < 1.29 is 17.9 Å². The zero-order chi connectivity index (χ0) is 27.0. The number of benzene rings is 2. The molecule has 0 atom stereocenters. The molecule has 1 amide bonds. The second-order valence-electron chi connectivity index (χ2n) is 9.72. The van der Waals surface area contributed by atoms with Gasteiger partial charge in [0, 0.05) is 42.2 Å². The summed E-state index contributed by atoms with van der Waals surface area (Å²) in [7, 11) is -3.62. The number of hydrogen-bond donors (Lipinski definition) is 1. The number of thiazole rings is 1. The summed E-state index contributed by atoms with van der Waals surface area (Å²) in [6, 6.07) is 14.3. The molecule has 4 heterocycles. The van der Waals surface area contributed by atoms with Crippen molar-refractivity contribution in [3.63, 3.8) is 0 Å². The number of thiophene rings is 1. The van der Waals surface area contributed by atoms with Gasteiger partial charge >= 0.3 is 0 Å². The Bertz CT molecular complexity index is 1570. The van der Waals surface area contributed by atoms with Gasteiger partial charge in [-0.15, -0.1) is 22.7 Å². The minimum absolute atomic E-state index is 0.179. The standard InChI is InChI=1S/C28H30N4O4S3/c1-2-12-31-13-11-21-24(18-31)38-28(25(21)27-29-22-5-3-4-6-23(22)37-27)30-26(33)19-7-9-20(10-8-19)39(34,35)32-14-16-36-17-15-32/h3-10H,2,11-18H2,1H3,(H,30,33). The van der Waals surface area contributed by atoms with Gasteiger partial charge in [0.1, 0.15) is 10.0 Å². The number of hydrogen-bond acceptors (Lipinski definition) is 8. The number of nitrogens with one attached hydrogen (secondary N) is 1. The summed E-state index contributed by atoms with van der Waals surface area (Å²) in [4.78, 5) is 22.2. The van der Waals surface area contributed by atoms with Crippen molar-refractivity contribution in [2.75, 3.05) is 44.7 Å². The molecule has 4 aromatic rings. The van der Waals surface area contributed by atoms with Gasteiger partial charge in [0.05, 0.1) is 28.3 Å². The maximum Gasteiger partial charge on any atom is 0.256 e. The van der Waals surface area contributed by atoms with E-state index >= 15 is 0 Å². The van der Waals surface area contributed by atoms with Gasteiger partial charge < -0.3 is 10.1 Å². The summed E-state index contributed by atoms with van der Waals surface area (Å²) < 4.78 is 33.8. The molecule has 0 aliphatic carbocycles. The van der Waals surface area contributed by atoms with Crippen LogP contribution in [0.4, 0.5) is 5.00 Å². The van der Waals surface area contributed by atoms with E-state index in [1.165, 1.54) is 26.9 Å². The maximum atomic E-state index is 13.4. The molecule has 1 N–H and O–H groups in total. The molecular weight excluding hydrogens is 553 g/mol. The van der Waals surface area contributed by atoms with Crippen molar-refractivity contribution in [1.82, 2.24) is 14.2 Å². The smallest absolute Gasteiger partial charge is 0.256 e. The summed E-state index contributed by atoms with van der Waals surface area (Å²) in [5.41, 5.74) is 3.65. The van der Waals surface area contributed by atoms with Crippen LogP contribution in [0.2, 0.25) is 0 Å². The van der Waals surface area contributed by atoms with E-state index in [2.05, 4.69) is 23.2 Å². The number of sulfonamides is 1. The number of fused-ring (bicyclic) bond motifs is 2. The third-order valence-electron chi connectivity index (χ3n) is 7.13. The van der Waals surface area contributed by atoms with Gasteiger partial charge in [-0.05, 0) is 61.3 Å². The number of amides is 1. The lowest BCUT2D eigenvalue weighted by Gasteiger charge is -2.26. The number of ether oxygens (including phenoxy) is 1. The van der Waals surface area contributed by atoms with Crippen LogP contribution in [0.3, 0.4) is 0 Å². The largest absolute Gasteiger partial charge is 0.379 e. The number of para-hydroxylation sites is 1. The lowest BCUT2D eigenvalue weighted by atomic mass is 10.0. The second kappa shape index (κ2) is 11.1. The van der Waals surface area contributed by atoms with Crippen LogP contribution in [0, 0.1) is 0 Å². The molecule has 39 heavy (non-hydrogen) atoms. The highest BCUT2D eigenvalue weighted by atomic mass is 32.2. The number of rotatable bonds is 7. The van der Waals surface area contributed by atoms with E-state index < -0.39 is 10.0 Å². The fourth-order valence-electron chi connectivity index (χ4n) is 5.15. The Morgan fingerprint density at radius 2 is 1.82 bits per heavy atom. The maximum absolute atomic E-state index is 13.4. The summed E-state index contributed by atoms with van der Waals surface area (Å²) in [5.74, 6) is -0.267. The molecule has 8 nitrogen and oxygen atoms in total. The Balaban J connectivity index is 1.30. The van der Waals surface area contributed by atoms with Crippen molar-refractivity contribution >= 4 is 53.8 Å². The predicted molar refractivity (Wildman–Crippen MR) is 156 cm³/mol. The quantitative estimate of drug-likeness (QED) is 0.327. The first kappa shape index (κ1) is 26.5. The number of anilines is 1. The molecule has 0 saturated carbocycles. The molecule has 1 saturated heterocycles. The van der Waals surface area contributed by atoms with E-state index in [4.69, 9.17) is 9.72 Å². The molecule has 204 valence electrons. The topological polar surface area (TPSA) is 91.8 Å². The van der Waals surface area contributed by atoms with E-state index in [-0.39, 0.29) is 10.8 Å². The molecule has 2 aliphatic heterocycles. The van der Waals surface area contributed by atoms with Gasteiger partial charge in [0.25, 0.3) is 5.91 Å².